The summed E-state index contributed by atoms with van der Waals surface area (Å²) in [5.74, 6) is 0.487. The van der Waals surface area contributed by atoms with Crippen molar-refractivity contribution in [1.82, 2.24) is 4.98 Å². The Morgan fingerprint density at radius 1 is 1.40 bits per heavy atom. The first kappa shape index (κ1) is 12.2. The first-order chi connectivity index (χ1) is 7.04. The summed E-state index contributed by atoms with van der Waals surface area (Å²) in [7, 11) is 0.828. The zero-order valence-corrected chi connectivity index (χ0v) is 9.23. The number of nitrogens with zero attached hydrogens (tertiary/aromatic N) is 1. The van der Waals surface area contributed by atoms with E-state index in [0.717, 1.165) is 33.6 Å². The SMILES string of the molecule is CPCCNc1ccc(C(F)(F)F)cn1. The fourth-order valence-electron chi connectivity index (χ4n) is 0.982. The van der Waals surface area contributed by atoms with Crippen molar-refractivity contribution in [1.29, 1.82) is 0 Å². The van der Waals surface area contributed by atoms with Gasteiger partial charge in [-0.15, -0.1) is 8.58 Å². The molecule has 15 heavy (non-hydrogen) atoms. The van der Waals surface area contributed by atoms with Gasteiger partial charge in [0.2, 0.25) is 0 Å². The highest BCUT2D eigenvalue weighted by atomic mass is 31.1. The van der Waals surface area contributed by atoms with Gasteiger partial charge in [-0.25, -0.2) is 4.98 Å². The van der Waals surface area contributed by atoms with Gasteiger partial charge in [-0.3, -0.25) is 0 Å². The molecule has 1 aromatic heterocycles. The van der Waals surface area contributed by atoms with E-state index in [4.69, 9.17) is 0 Å². The lowest BCUT2D eigenvalue weighted by atomic mass is 10.3. The number of hydrogen-bond acceptors (Lipinski definition) is 2. The lowest BCUT2D eigenvalue weighted by Gasteiger charge is -2.07. The highest BCUT2D eigenvalue weighted by molar-refractivity contribution is 7.37. The first-order valence-electron chi connectivity index (χ1n) is 4.46. The Morgan fingerprint density at radius 3 is 2.60 bits per heavy atom. The van der Waals surface area contributed by atoms with Crippen LogP contribution in [0.25, 0.3) is 0 Å². The fourth-order valence-corrected chi connectivity index (χ4v) is 1.36. The molecule has 0 aromatic carbocycles. The summed E-state index contributed by atoms with van der Waals surface area (Å²) >= 11 is 0. The standard InChI is InChI=1S/C9H12F3N2P/c1-15-5-4-13-8-3-2-7(6-14-8)9(10,11)12/h2-3,6,15H,4-5H2,1H3,(H,13,14). The molecule has 0 aliphatic rings. The molecule has 0 spiro atoms. The minimum Gasteiger partial charge on any atom is -0.370 e. The zero-order valence-electron chi connectivity index (χ0n) is 8.23. The molecule has 1 N–H and O–H groups in total. The summed E-state index contributed by atoms with van der Waals surface area (Å²) in [5.41, 5.74) is -0.717. The first-order valence-corrected chi connectivity index (χ1v) is 6.16. The van der Waals surface area contributed by atoms with Crippen LogP contribution in [0, 0.1) is 0 Å². The third kappa shape index (κ3) is 4.04. The molecule has 1 unspecified atom stereocenters. The van der Waals surface area contributed by atoms with E-state index < -0.39 is 11.7 Å². The van der Waals surface area contributed by atoms with Crippen molar-refractivity contribution in [3.05, 3.63) is 23.9 Å². The topological polar surface area (TPSA) is 24.9 Å². The maximum Gasteiger partial charge on any atom is 0.417 e. The number of halogens is 3. The average molecular weight is 236 g/mol. The van der Waals surface area contributed by atoms with Crippen LogP contribution in [0.1, 0.15) is 5.56 Å². The van der Waals surface area contributed by atoms with Gasteiger partial charge in [0.25, 0.3) is 0 Å². The molecule has 2 nitrogen and oxygen atoms in total. The number of nitrogens with one attached hydrogen (secondary N) is 1. The second kappa shape index (κ2) is 5.31. The molecule has 1 atom stereocenters. The second-order valence-electron chi connectivity index (χ2n) is 2.96. The van der Waals surface area contributed by atoms with Crippen LogP contribution in [0.5, 0.6) is 0 Å². The van der Waals surface area contributed by atoms with E-state index in [1.165, 1.54) is 6.07 Å². The van der Waals surface area contributed by atoms with E-state index in [-0.39, 0.29) is 0 Å². The number of hydrogen-bond donors (Lipinski definition) is 1. The van der Waals surface area contributed by atoms with E-state index in [9.17, 15) is 13.2 Å². The van der Waals surface area contributed by atoms with Gasteiger partial charge in [0.1, 0.15) is 5.82 Å². The van der Waals surface area contributed by atoms with Gasteiger partial charge in [-0.2, -0.15) is 13.2 Å². The zero-order chi connectivity index (χ0) is 11.3. The summed E-state index contributed by atoms with van der Waals surface area (Å²) in [6.07, 6.45) is -2.46. The van der Waals surface area contributed by atoms with Crippen molar-refractivity contribution in [2.75, 3.05) is 24.7 Å². The molecule has 0 saturated heterocycles. The summed E-state index contributed by atoms with van der Waals surface area (Å²) in [6.45, 7) is 2.81. The number of alkyl halides is 3. The molecule has 1 rings (SSSR count). The van der Waals surface area contributed by atoms with Gasteiger partial charge < -0.3 is 5.32 Å². The molecule has 0 bridgehead atoms. The van der Waals surface area contributed by atoms with Crippen molar-refractivity contribution < 1.29 is 13.2 Å². The smallest absolute Gasteiger partial charge is 0.370 e. The van der Waals surface area contributed by atoms with Crippen LogP contribution in [0.2, 0.25) is 0 Å². The molecule has 0 radical (unpaired) electrons. The van der Waals surface area contributed by atoms with Crippen LogP contribution < -0.4 is 5.32 Å². The Hall–Kier alpha value is -0.830. The van der Waals surface area contributed by atoms with Gasteiger partial charge in [-0.1, -0.05) is 0 Å². The van der Waals surface area contributed by atoms with Crippen molar-refractivity contribution in [2.45, 2.75) is 6.18 Å². The van der Waals surface area contributed by atoms with Crippen molar-refractivity contribution in [3.8, 4) is 0 Å². The maximum atomic E-state index is 12.2. The molecule has 6 heteroatoms. The van der Waals surface area contributed by atoms with Crippen LogP contribution >= 0.6 is 8.58 Å². The molecule has 1 aromatic rings. The average Bonchev–Trinajstić information content (AvgIpc) is 2.18. The number of anilines is 1. The molecule has 0 saturated carbocycles. The van der Waals surface area contributed by atoms with Gasteiger partial charge in [-0.05, 0) is 25.0 Å². The Bertz CT molecular complexity index is 297. The lowest BCUT2D eigenvalue weighted by Crippen LogP contribution is -2.08. The van der Waals surface area contributed by atoms with Gasteiger partial charge in [0.15, 0.2) is 0 Å². The summed E-state index contributed by atoms with van der Waals surface area (Å²) in [6, 6.07) is 2.38. The van der Waals surface area contributed by atoms with Crippen LogP contribution in [0.3, 0.4) is 0 Å². The minimum atomic E-state index is -4.31. The number of aromatic nitrogens is 1. The van der Waals surface area contributed by atoms with Gasteiger partial charge >= 0.3 is 6.18 Å². The third-order valence-corrected chi connectivity index (χ3v) is 2.52. The maximum absolute atomic E-state index is 12.2. The van der Waals surface area contributed by atoms with Crippen LogP contribution in [-0.4, -0.2) is 24.4 Å². The second-order valence-corrected chi connectivity index (χ2v) is 4.17. The molecule has 0 aliphatic carbocycles. The predicted octanol–water partition coefficient (Wildman–Crippen LogP) is 2.82. The van der Waals surface area contributed by atoms with Crippen LogP contribution in [-0.2, 0) is 6.18 Å². The Morgan fingerprint density at radius 2 is 2.13 bits per heavy atom. The summed E-state index contributed by atoms with van der Waals surface area (Å²) in [5, 5.41) is 2.95. The molecule has 84 valence electrons. The quantitative estimate of drug-likeness (QED) is 0.642. The molecular weight excluding hydrogens is 224 g/mol. The fraction of sp³-hybridized carbons (Fsp3) is 0.444. The highest BCUT2D eigenvalue weighted by Crippen LogP contribution is 2.28. The Kier molecular flexibility index (Phi) is 4.33. The van der Waals surface area contributed by atoms with Crippen LogP contribution in [0.4, 0.5) is 19.0 Å². The Labute approximate surface area is 88.1 Å². The lowest BCUT2D eigenvalue weighted by molar-refractivity contribution is -0.137. The molecule has 1 heterocycles. The van der Waals surface area contributed by atoms with E-state index in [1.807, 2.05) is 0 Å². The predicted molar refractivity (Wildman–Crippen MR) is 56.8 cm³/mol. The minimum absolute atomic E-state index is 0.487. The molecule has 0 aliphatic heterocycles. The number of pyridine rings is 1. The van der Waals surface area contributed by atoms with E-state index in [2.05, 4.69) is 17.0 Å². The number of rotatable bonds is 4. The largest absolute Gasteiger partial charge is 0.417 e. The van der Waals surface area contributed by atoms with E-state index in [1.54, 1.807) is 0 Å². The van der Waals surface area contributed by atoms with Crippen molar-refractivity contribution in [2.24, 2.45) is 0 Å². The third-order valence-electron chi connectivity index (χ3n) is 1.77. The van der Waals surface area contributed by atoms with Gasteiger partial charge in [0.05, 0.1) is 5.56 Å². The highest BCUT2D eigenvalue weighted by Gasteiger charge is 2.30. The molecule has 0 amide bonds. The molecular formula is C9H12F3N2P. The van der Waals surface area contributed by atoms with Crippen molar-refractivity contribution >= 4 is 14.4 Å². The van der Waals surface area contributed by atoms with E-state index in [0.29, 0.717) is 5.82 Å². The Balaban J connectivity index is 2.57. The summed E-state index contributed by atoms with van der Waals surface area (Å²) in [4.78, 5) is 3.69. The normalized spacial score (nSPS) is 12.3. The summed E-state index contributed by atoms with van der Waals surface area (Å²) < 4.78 is 36.5. The van der Waals surface area contributed by atoms with Crippen LogP contribution in [0.15, 0.2) is 18.3 Å². The monoisotopic (exact) mass is 236 g/mol. The van der Waals surface area contributed by atoms with E-state index >= 15 is 0 Å². The van der Waals surface area contributed by atoms with Gasteiger partial charge in [0, 0.05) is 12.7 Å². The van der Waals surface area contributed by atoms with Crippen molar-refractivity contribution in [3.63, 3.8) is 0 Å². The molecule has 0 fully saturated rings.